The highest BCUT2D eigenvalue weighted by molar-refractivity contribution is 5.85. The molecule has 1 atom stereocenters. The van der Waals surface area contributed by atoms with Gasteiger partial charge in [-0.15, -0.1) is 12.4 Å². The predicted octanol–water partition coefficient (Wildman–Crippen LogP) is 1.22. The molecule has 0 aromatic heterocycles. The van der Waals surface area contributed by atoms with E-state index in [1.54, 1.807) is 6.92 Å². The Labute approximate surface area is 104 Å². The van der Waals surface area contributed by atoms with E-state index in [9.17, 15) is 4.79 Å². The van der Waals surface area contributed by atoms with Gasteiger partial charge in [-0.2, -0.15) is 0 Å². The number of nitrogens with two attached hydrogens (primary N) is 1. The minimum Gasteiger partial charge on any atom is -0.369 e. The molecule has 0 spiro atoms. The van der Waals surface area contributed by atoms with Crippen LogP contribution in [0.4, 0.5) is 0 Å². The molecule has 1 amide bonds. The number of hydrogen-bond acceptors (Lipinski definition) is 3. The highest BCUT2D eigenvalue weighted by atomic mass is 35.5. The van der Waals surface area contributed by atoms with E-state index in [0.717, 1.165) is 25.7 Å². The van der Waals surface area contributed by atoms with Gasteiger partial charge in [-0.05, 0) is 26.7 Å². The van der Waals surface area contributed by atoms with E-state index < -0.39 is 0 Å². The molecule has 96 valence electrons. The summed E-state index contributed by atoms with van der Waals surface area (Å²) in [5, 5.41) is 3.04. The predicted molar refractivity (Wildman–Crippen MR) is 66.7 cm³/mol. The second-order valence-electron chi connectivity index (χ2n) is 4.28. The highest BCUT2D eigenvalue weighted by Gasteiger charge is 2.34. The molecule has 4 nitrogen and oxygen atoms in total. The molecular formula is C11H23ClN2O2. The van der Waals surface area contributed by atoms with Gasteiger partial charge in [0.15, 0.2) is 0 Å². The summed E-state index contributed by atoms with van der Waals surface area (Å²) in [7, 11) is 0. The summed E-state index contributed by atoms with van der Waals surface area (Å²) in [6.45, 7) is 4.75. The van der Waals surface area contributed by atoms with Crippen molar-refractivity contribution in [3.05, 3.63) is 0 Å². The second-order valence-corrected chi connectivity index (χ2v) is 4.28. The molecule has 1 aliphatic carbocycles. The Morgan fingerprint density at radius 3 is 2.50 bits per heavy atom. The third-order valence-electron chi connectivity index (χ3n) is 3.13. The number of ether oxygens (including phenoxy) is 1. The van der Waals surface area contributed by atoms with Gasteiger partial charge in [0, 0.05) is 13.2 Å². The lowest BCUT2D eigenvalue weighted by atomic mass is 9.97. The molecule has 0 radical (unpaired) electrons. The molecule has 5 heteroatoms. The lowest BCUT2D eigenvalue weighted by Gasteiger charge is -2.30. The Hall–Kier alpha value is -0.320. The summed E-state index contributed by atoms with van der Waals surface area (Å²) in [6, 6.07) is 0. The van der Waals surface area contributed by atoms with Crippen molar-refractivity contribution in [1.29, 1.82) is 0 Å². The zero-order valence-corrected chi connectivity index (χ0v) is 10.9. The van der Waals surface area contributed by atoms with Crippen LogP contribution in [0.25, 0.3) is 0 Å². The van der Waals surface area contributed by atoms with Gasteiger partial charge in [-0.1, -0.05) is 12.8 Å². The van der Waals surface area contributed by atoms with Crippen LogP contribution in [-0.2, 0) is 9.53 Å². The molecule has 0 bridgehead atoms. The van der Waals surface area contributed by atoms with Crippen LogP contribution in [0.3, 0.4) is 0 Å². The van der Waals surface area contributed by atoms with Gasteiger partial charge in [0.05, 0.1) is 5.54 Å². The molecular weight excluding hydrogens is 228 g/mol. The van der Waals surface area contributed by atoms with Gasteiger partial charge in [-0.3, -0.25) is 4.79 Å². The van der Waals surface area contributed by atoms with E-state index in [4.69, 9.17) is 10.5 Å². The molecule has 0 aromatic carbocycles. The van der Waals surface area contributed by atoms with Gasteiger partial charge in [0.2, 0.25) is 5.91 Å². The fraction of sp³-hybridized carbons (Fsp3) is 0.909. The Balaban J connectivity index is 0.00000225. The Morgan fingerprint density at radius 2 is 2.06 bits per heavy atom. The normalized spacial score (nSPS) is 19.9. The molecule has 1 rings (SSSR count). The SMILES string of the molecule is CCOC(C)C(=O)NC1(CN)CCCC1.Cl. The van der Waals surface area contributed by atoms with E-state index >= 15 is 0 Å². The first-order valence-electron chi connectivity index (χ1n) is 5.77. The summed E-state index contributed by atoms with van der Waals surface area (Å²) in [5.41, 5.74) is 5.57. The number of rotatable bonds is 5. The lowest BCUT2D eigenvalue weighted by molar-refractivity contribution is -0.133. The van der Waals surface area contributed by atoms with Crippen LogP contribution in [0.2, 0.25) is 0 Å². The van der Waals surface area contributed by atoms with E-state index in [-0.39, 0.29) is 30.0 Å². The maximum atomic E-state index is 11.8. The van der Waals surface area contributed by atoms with Gasteiger partial charge >= 0.3 is 0 Å². The smallest absolute Gasteiger partial charge is 0.249 e. The monoisotopic (exact) mass is 250 g/mol. The zero-order chi connectivity index (χ0) is 11.3. The van der Waals surface area contributed by atoms with E-state index in [0.29, 0.717) is 13.2 Å². The largest absolute Gasteiger partial charge is 0.369 e. The number of halogens is 1. The standard InChI is InChI=1S/C11H22N2O2.ClH/c1-3-15-9(2)10(14)13-11(8-12)6-4-5-7-11;/h9H,3-8,12H2,1-2H3,(H,13,14);1H. The molecule has 16 heavy (non-hydrogen) atoms. The van der Waals surface area contributed by atoms with Gasteiger partial charge in [-0.25, -0.2) is 0 Å². The Morgan fingerprint density at radius 1 is 1.50 bits per heavy atom. The molecule has 0 heterocycles. The average Bonchev–Trinajstić information content (AvgIpc) is 2.67. The van der Waals surface area contributed by atoms with Crippen molar-refractivity contribution >= 4 is 18.3 Å². The van der Waals surface area contributed by atoms with Gasteiger partial charge in [0.25, 0.3) is 0 Å². The van der Waals surface area contributed by atoms with Crippen molar-refractivity contribution in [2.24, 2.45) is 5.73 Å². The molecule has 0 aliphatic heterocycles. The second kappa shape index (κ2) is 7.09. The van der Waals surface area contributed by atoms with Crippen LogP contribution >= 0.6 is 12.4 Å². The van der Waals surface area contributed by atoms with Crippen molar-refractivity contribution in [3.8, 4) is 0 Å². The molecule has 0 saturated heterocycles. The molecule has 1 fully saturated rings. The van der Waals surface area contributed by atoms with Crippen LogP contribution in [-0.4, -0.2) is 30.7 Å². The van der Waals surface area contributed by atoms with E-state index in [1.807, 2.05) is 6.92 Å². The number of carbonyl (C=O) groups excluding carboxylic acids is 1. The van der Waals surface area contributed by atoms with Crippen LogP contribution < -0.4 is 11.1 Å². The van der Waals surface area contributed by atoms with Crippen LogP contribution in [0.1, 0.15) is 39.5 Å². The zero-order valence-electron chi connectivity index (χ0n) is 10.1. The first-order valence-corrected chi connectivity index (χ1v) is 5.77. The van der Waals surface area contributed by atoms with Crippen molar-refractivity contribution < 1.29 is 9.53 Å². The van der Waals surface area contributed by atoms with Gasteiger partial charge in [0.1, 0.15) is 6.10 Å². The Bertz CT molecular complexity index is 218. The summed E-state index contributed by atoms with van der Waals surface area (Å²) in [6.07, 6.45) is 3.92. The first kappa shape index (κ1) is 15.7. The summed E-state index contributed by atoms with van der Waals surface area (Å²) in [5.74, 6) is -0.0378. The van der Waals surface area contributed by atoms with Crippen LogP contribution in [0.5, 0.6) is 0 Å². The number of hydrogen-bond donors (Lipinski definition) is 2. The quantitative estimate of drug-likeness (QED) is 0.771. The highest BCUT2D eigenvalue weighted by Crippen LogP contribution is 2.28. The van der Waals surface area contributed by atoms with Crippen molar-refractivity contribution in [2.75, 3.05) is 13.2 Å². The maximum Gasteiger partial charge on any atom is 0.249 e. The molecule has 1 saturated carbocycles. The lowest BCUT2D eigenvalue weighted by Crippen LogP contribution is -2.54. The Kier molecular flexibility index (Phi) is 6.95. The average molecular weight is 251 g/mol. The number of nitrogens with one attached hydrogen (secondary N) is 1. The first-order chi connectivity index (χ1) is 7.13. The van der Waals surface area contributed by atoms with Crippen molar-refractivity contribution in [3.63, 3.8) is 0 Å². The van der Waals surface area contributed by atoms with Gasteiger partial charge < -0.3 is 15.8 Å². The summed E-state index contributed by atoms with van der Waals surface area (Å²) < 4.78 is 5.25. The number of carbonyl (C=O) groups is 1. The minimum absolute atomic E-state index is 0. The fourth-order valence-corrected chi connectivity index (χ4v) is 2.12. The third-order valence-corrected chi connectivity index (χ3v) is 3.13. The van der Waals surface area contributed by atoms with Crippen LogP contribution in [0, 0.1) is 0 Å². The van der Waals surface area contributed by atoms with E-state index in [1.165, 1.54) is 0 Å². The van der Waals surface area contributed by atoms with Crippen LogP contribution in [0.15, 0.2) is 0 Å². The molecule has 3 N–H and O–H groups in total. The van der Waals surface area contributed by atoms with Crippen molar-refractivity contribution in [2.45, 2.75) is 51.2 Å². The summed E-state index contributed by atoms with van der Waals surface area (Å²) >= 11 is 0. The molecule has 0 aromatic rings. The summed E-state index contributed by atoms with van der Waals surface area (Å²) in [4.78, 5) is 11.8. The number of amides is 1. The van der Waals surface area contributed by atoms with E-state index in [2.05, 4.69) is 5.32 Å². The topological polar surface area (TPSA) is 64.3 Å². The fourth-order valence-electron chi connectivity index (χ4n) is 2.12. The van der Waals surface area contributed by atoms with Crippen molar-refractivity contribution in [1.82, 2.24) is 5.32 Å². The molecule has 1 aliphatic rings. The third kappa shape index (κ3) is 3.92. The minimum atomic E-state index is -0.376. The molecule has 1 unspecified atom stereocenters. The maximum absolute atomic E-state index is 11.8.